The van der Waals surface area contributed by atoms with Gasteiger partial charge in [0.1, 0.15) is 12.4 Å². The molecule has 10 nitrogen and oxygen atoms in total. The second kappa shape index (κ2) is 6.64. The number of aromatic hydroxyl groups is 1. The number of hydrogen-bond donors (Lipinski definition) is 4. The van der Waals surface area contributed by atoms with Gasteiger partial charge >= 0.3 is 5.69 Å². The van der Waals surface area contributed by atoms with Gasteiger partial charge in [-0.1, -0.05) is 0 Å². The number of nitro groups is 1. The topological polar surface area (TPSA) is 127 Å². The number of likely N-dealkylation sites (N-methyl/N-ethyl adjacent to an activating group) is 1. The molecule has 1 saturated heterocycles. The monoisotopic (exact) mass is 328 g/mol. The van der Waals surface area contributed by atoms with Crippen molar-refractivity contribution >= 4 is 5.69 Å². The first-order valence-corrected chi connectivity index (χ1v) is 6.90. The SMILES string of the molecule is CNC1(NC)OC[C@@](COc2cc(O)ccc2[N+](=O)[O-])(NC)O1. The molecule has 1 aromatic rings. The lowest BCUT2D eigenvalue weighted by molar-refractivity contribution is -0.386. The van der Waals surface area contributed by atoms with E-state index in [1.807, 2.05) is 0 Å². The molecule has 0 radical (unpaired) electrons. The maximum absolute atomic E-state index is 11.0. The quantitative estimate of drug-likeness (QED) is 0.303. The summed E-state index contributed by atoms with van der Waals surface area (Å²) in [6.07, 6.45) is 0. The zero-order chi connectivity index (χ0) is 17.1. The van der Waals surface area contributed by atoms with Gasteiger partial charge in [-0.3, -0.25) is 30.8 Å². The highest BCUT2D eigenvalue weighted by Gasteiger charge is 2.50. The van der Waals surface area contributed by atoms with E-state index in [9.17, 15) is 15.2 Å². The summed E-state index contributed by atoms with van der Waals surface area (Å²) in [5.74, 6) is -0.188. The molecule has 10 heteroatoms. The Labute approximate surface area is 132 Å². The molecule has 0 spiro atoms. The molecule has 1 aliphatic heterocycles. The van der Waals surface area contributed by atoms with E-state index < -0.39 is 16.7 Å². The van der Waals surface area contributed by atoms with Crippen LogP contribution in [0, 0.1) is 10.1 Å². The van der Waals surface area contributed by atoms with Crippen LogP contribution < -0.4 is 20.7 Å². The smallest absolute Gasteiger partial charge is 0.311 e. The zero-order valence-electron chi connectivity index (χ0n) is 13.1. The molecule has 0 saturated carbocycles. The van der Waals surface area contributed by atoms with Crippen LogP contribution in [0.5, 0.6) is 11.5 Å². The van der Waals surface area contributed by atoms with Gasteiger partial charge in [0.25, 0.3) is 6.03 Å². The fourth-order valence-corrected chi connectivity index (χ4v) is 2.15. The molecule has 1 aliphatic rings. The number of rotatable bonds is 7. The van der Waals surface area contributed by atoms with Crippen molar-refractivity contribution < 1.29 is 24.2 Å². The van der Waals surface area contributed by atoms with Gasteiger partial charge in [0.05, 0.1) is 11.5 Å². The Kier molecular flexibility index (Phi) is 5.02. The van der Waals surface area contributed by atoms with Crippen LogP contribution >= 0.6 is 0 Å². The maximum Gasteiger partial charge on any atom is 0.311 e. The standard InChI is InChI=1S/C13H20N4O6/c1-14-12(8-22-13(15-2,16-3)23-12)7-21-11-6-9(18)4-5-10(11)17(19)20/h4-6,14-16,18H,7-8H2,1-3H3/t12-/m0/s1. The van der Waals surface area contributed by atoms with Gasteiger partial charge in [-0.05, 0) is 27.2 Å². The number of benzene rings is 1. The Bertz CT molecular complexity index is 580. The van der Waals surface area contributed by atoms with Crippen LogP contribution in [0.2, 0.25) is 0 Å². The minimum Gasteiger partial charge on any atom is -0.508 e. The molecule has 0 unspecified atom stereocenters. The highest BCUT2D eigenvalue weighted by Crippen LogP contribution is 2.32. The fourth-order valence-electron chi connectivity index (χ4n) is 2.15. The summed E-state index contributed by atoms with van der Waals surface area (Å²) in [5, 5.41) is 29.2. The largest absolute Gasteiger partial charge is 0.508 e. The lowest BCUT2D eigenvalue weighted by Crippen LogP contribution is -2.59. The van der Waals surface area contributed by atoms with Gasteiger partial charge in [0.2, 0.25) is 5.75 Å². The van der Waals surface area contributed by atoms with Crippen LogP contribution in [-0.4, -0.2) is 56.1 Å². The number of nitrogens with zero attached hydrogens (tertiary/aromatic N) is 1. The van der Waals surface area contributed by atoms with E-state index in [4.69, 9.17) is 14.2 Å². The van der Waals surface area contributed by atoms with Crippen molar-refractivity contribution in [1.82, 2.24) is 16.0 Å². The van der Waals surface area contributed by atoms with Gasteiger partial charge < -0.3 is 14.6 Å². The summed E-state index contributed by atoms with van der Waals surface area (Å²) in [6, 6.07) is 2.40. The first-order chi connectivity index (χ1) is 10.9. The van der Waals surface area contributed by atoms with E-state index in [1.54, 1.807) is 21.1 Å². The maximum atomic E-state index is 11.0. The minimum atomic E-state index is -1.18. The minimum absolute atomic E-state index is 0.0559. The molecule has 2 rings (SSSR count). The Balaban J connectivity index is 2.16. The number of hydrogen-bond acceptors (Lipinski definition) is 9. The van der Waals surface area contributed by atoms with Gasteiger partial charge in [-0.2, -0.15) is 0 Å². The average molecular weight is 328 g/mol. The van der Waals surface area contributed by atoms with E-state index in [2.05, 4.69) is 16.0 Å². The molecule has 23 heavy (non-hydrogen) atoms. The first kappa shape index (κ1) is 17.4. The van der Waals surface area contributed by atoms with Crippen molar-refractivity contribution in [3.8, 4) is 11.5 Å². The van der Waals surface area contributed by atoms with Gasteiger partial charge in [-0.15, -0.1) is 0 Å². The molecule has 4 N–H and O–H groups in total. The summed E-state index contributed by atoms with van der Waals surface area (Å²) in [5.41, 5.74) is -1.27. The number of nitro benzene ring substituents is 1. The van der Waals surface area contributed by atoms with Crippen molar-refractivity contribution in [1.29, 1.82) is 0 Å². The lowest BCUT2D eigenvalue weighted by atomic mass is 10.2. The van der Waals surface area contributed by atoms with Crippen LogP contribution in [0.4, 0.5) is 5.69 Å². The third kappa shape index (κ3) is 3.51. The average Bonchev–Trinajstić information content (AvgIpc) is 2.93. The highest BCUT2D eigenvalue weighted by atomic mass is 16.8. The van der Waals surface area contributed by atoms with Crippen molar-refractivity contribution in [2.45, 2.75) is 11.8 Å². The third-order valence-corrected chi connectivity index (χ3v) is 3.56. The molecule has 1 aromatic carbocycles. The zero-order valence-corrected chi connectivity index (χ0v) is 13.1. The van der Waals surface area contributed by atoms with E-state index in [1.165, 1.54) is 18.2 Å². The normalized spacial score (nSPS) is 22.9. The molecule has 1 heterocycles. The molecular formula is C13H20N4O6. The van der Waals surface area contributed by atoms with E-state index >= 15 is 0 Å². The van der Waals surface area contributed by atoms with Crippen molar-refractivity contribution in [3.63, 3.8) is 0 Å². The number of phenols is 1. The van der Waals surface area contributed by atoms with Crippen LogP contribution in [0.1, 0.15) is 0 Å². The third-order valence-electron chi connectivity index (χ3n) is 3.56. The molecule has 128 valence electrons. The number of nitrogens with one attached hydrogen (secondary N) is 3. The summed E-state index contributed by atoms with van der Waals surface area (Å²) in [4.78, 5) is 10.4. The Morgan fingerprint density at radius 2 is 2.04 bits per heavy atom. The van der Waals surface area contributed by atoms with Gasteiger partial charge in [-0.25, -0.2) is 0 Å². The Morgan fingerprint density at radius 1 is 1.35 bits per heavy atom. The van der Waals surface area contributed by atoms with Gasteiger partial charge in [0, 0.05) is 12.1 Å². The summed E-state index contributed by atoms with van der Waals surface area (Å²) in [6.45, 7) is 0.0662. The predicted octanol–water partition coefficient (Wildman–Crippen LogP) is -0.308. The predicted molar refractivity (Wildman–Crippen MR) is 79.9 cm³/mol. The second-order valence-electron chi connectivity index (χ2n) is 4.95. The molecule has 0 bridgehead atoms. The summed E-state index contributed by atoms with van der Waals surface area (Å²) in [7, 11) is 4.97. The second-order valence-corrected chi connectivity index (χ2v) is 4.95. The molecule has 0 amide bonds. The van der Waals surface area contributed by atoms with Crippen molar-refractivity contribution in [3.05, 3.63) is 28.3 Å². The lowest BCUT2D eigenvalue weighted by Gasteiger charge is -2.31. The molecule has 1 fully saturated rings. The van der Waals surface area contributed by atoms with E-state index in [-0.39, 0.29) is 30.4 Å². The summed E-state index contributed by atoms with van der Waals surface area (Å²) >= 11 is 0. The Morgan fingerprint density at radius 3 is 2.57 bits per heavy atom. The molecule has 1 atom stereocenters. The van der Waals surface area contributed by atoms with E-state index in [0.717, 1.165) is 0 Å². The fraction of sp³-hybridized carbons (Fsp3) is 0.538. The Hall–Kier alpha value is -1.98. The van der Waals surface area contributed by atoms with Crippen molar-refractivity contribution in [2.24, 2.45) is 0 Å². The van der Waals surface area contributed by atoms with Gasteiger partial charge in [0.15, 0.2) is 5.72 Å². The van der Waals surface area contributed by atoms with Crippen molar-refractivity contribution in [2.75, 3.05) is 34.4 Å². The van der Waals surface area contributed by atoms with E-state index in [0.29, 0.717) is 0 Å². The molecular weight excluding hydrogens is 308 g/mol. The highest BCUT2D eigenvalue weighted by molar-refractivity contribution is 5.50. The van der Waals surface area contributed by atoms with Crippen LogP contribution in [0.15, 0.2) is 18.2 Å². The van der Waals surface area contributed by atoms with Crippen LogP contribution in [-0.2, 0) is 9.47 Å². The molecule has 0 aliphatic carbocycles. The molecule has 0 aromatic heterocycles. The van der Waals surface area contributed by atoms with Crippen LogP contribution in [0.3, 0.4) is 0 Å². The number of ether oxygens (including phenoxy) is 3. The number of phenolic OH excluding ortho intramolecular Hbond substituents is 1. The first-order valence-electron chi connectivity index (χ1n) is 6.90. The summed E-state index contributed by atoms with van der Waals surface area (Å²) < 4.78 is 16.9. The van der Waals surface area contributed by atoms with Crippen LogP contribution in [0.25, 0.3) is 0 Å².